The lowest BCUT2D eigenvalue weighted by Gasteiger charge is -2.18. The van der Waals surface area contributed by atoms with Crippen LogP contribution in [0.4, 0.5) is 0 Å². The zero-order valence-corrected chi connectivity index (χ0v) is 18.3. The van der Waals surface area contributed by atoms with Crippen LogP contribution in [0, 0.1) is 0 Å². The van der Waals surface area contributed by atoms with Crippen molar-refractivity contribution in [2.75, 3.05) is 13.6 Å². The first-order valence-corrected chi connectivity index (χ1v) is 10.2. The van der Waals surface area contributed by atoms with E-state index < -0.39 is 0 Å². The molecule has 0 saturated heterocycles. The summed E-state index contributed by atoms with van der Waals surface area (Å²) in [7, 11) is 4.00. The van der Waals surface area contributed by atoms with Crippen molar-refractivity contribution in [3.05, 3.63) is 82.6 Å². The van der Waals surface area contributed by atoms with Crippen LogP contribution in [0.5, 0.6) is 5.75 Å². The monoisotopic (exact) mass is 426 g/mol. The first-order chi connectivity index (χ1) is 14.4. The first kappa shape index (κ1) is 21.9. The Labute approximate surface area is 182 Å². The number of nitrogens with zero attached hydrogens (tertiary/aromatic N) is 3. The Hall–Kier alpha value is -2.83. The Morgan fingerprint density at radius 3 is 2.70 bits per heavy atom. The third-order valence-electron chi connectivity index (χ3n) is 4.54. The maximum Gasteiger partial charge on any atom is 0.251 e. The predicted octanol–water partition coefficient (Wildman–Crippen LogP) is 3.90. The van der Waals surface area contributed by atoms with Crippen molar-refractivity contribution in [3.63, 3.8) is 0 Å². The van der Waals surface area contributed by atoms with Gasteiger partial charge in [0.15, 0.2) is 0 Å². The highest BCUT2D eigenvalue weighted by Gasteiger charge is 2.10. The smallest absolute Gasteiger partial charge is 0.251 e. The van der Waals surface area contributed by atoms with Crippen LogP contribution in [-0.2, 0) is 20.1 Å². The fourth-order valence-corrected chi connectivity index (χ4v) is 3.38. The molecule has 0 bridgehead atoms. The molecule has 1 aromatic heterocycles. The Balaban J connectivity index is 1.49. The maximum absolute atomic E-state index is 12.2. The molecule has 0 saturated carbocycles. The molecule has 0 spiro atoms. The van der Waals surface area contributed by atoms with Crippen LogP contribution in [0.15, 0.2) is 60.9 Å². The number of benzene rings is 2. The summed E-state index contributed by atoms with van der Waals surface area (Å²) in [5.41, 5.74) is 2.87. The molecular formula is C23H27ClN4O2. The highest BCUT2D eigenvalue weighted by Crippen LogP contribution is 2.17. The van der Waals surface area contributed by atoms with Crippen LogP contribution < -0.4 is 10.1 Å². The van der Waals surface area contributed by atoms with Gasteiger partial charge in [-0.15, -0.1) is 0 Å². The van der Waals surface area contributed by atoms with Crippen molar-refractivity contribution in [1.29, 1.82) is 0 Å². The SMILES string of the molecule is CC(CNC(=O)c1cccc(Cl)c1)Oc1cccc(CN(C)Cc2cnn(C)c2)c1. The lowest BCUT2D eigenvalue weighted by molar-refractivity contribution is 0.0932. The van der Waals surface area contributed by atoms with Crippen molar-refractivity contribution in [3.8, 4) is 5.75 Å². The van der Waals surface area contributed by atoms with E-state index in [0.29, 0.717) is 17.1 Å². The lowest BCUT2D eigenvalue weighted by atomic mass is 10.2. The molecule has 158 valence electrons. The Bertz CT molecular complexity index is 989. The molecule has 0 fully saturated rings. The second-order valence-electron chi connectivity index (χ2n) is 7.49. The summed E-state index contributed by atoms with van der Waals surface area (Å²) in [5.74, 6) is 0.616. The Kier molecular flexibility index (Phi) is 7.49. The Morgan fingerprint density at radius 1 is 1.20 bits per heavy atom. The average molecular weight is 427 g/mol. The van der Waals surface area contributed by atoms with Crippen LogP contribution in [0.2, 0.25) is 5.02 Å². The van der Waals surface area contributed by atoms with Gasteiger partial charge in [0.1, 0.15) is 11.9 Å². The molecule has 0 aliphatic carbocycles. The zero-order chi connectivity index (χ0) is 21.5. The summed E-state index contributed by atoms with van der Waals surface area (Å²) < 4.78 is 7.81. The van der Waals surface area contributed by atoms with E-state index in [1.54, 1.807) is 24.3 Å². The molecule has 0 radical (unpaired) electrons. The molecule has 7 heteroatoms. The summed E-state index contributed by atoms with van der Waals surface area (Å²) >= 11 is 5.94. The van der Waals surface area contributed by atoms with E-state index in [-0.39, 0.29) is 12.0 Å². The van der Waals surface area contributed by atoms with Crippen molar-refractivity contribution in [2.45, 2.75) is 26.1 Å². The lowest BCUT2D eigenvalue weighted by Crippen LogP contribution is -2.33. The minimum absolute atomic E-state index is 0.168. The van der Waals surface area contributed by atoms with E-state index in [2.05, 4.69) is 28.4 Å². The highest BCUT2D eigenvalue weighted by molar-refractivity contribution is 6.30. The summed E-state index contributed by atoms with van der Waals surface area (Å²) in [6.45, 7) is 3.95. The largest absolute Gasteiger partial charge is 0.489 e. The molecule has 30 heavy (non-hydrogen) atoms. The zero-order valence-electron chi connectivity index (χ0n) is 17.5. The van der Waals surface area contributed by atoms with Crippen molar-refractivity contribution < 1.29 is 9.53 Å². The number of aryl methyl sites for hydroxylation is 1. The normalized spacial score (nSPS) is 12.0. The van der Waals surface area contributed by atoms with Crippen molar-refractivity contribution in [2.24, 2.45) is 7.05 Å². The highest BCUT2D eigenvalue weighted by atomic mass is 35.5. The number of amides is 1. The van der Waals surface area contributed by atoms with Gasteiger partial charge >= 0.3 is 0 Å². The van der Waals surface area contributed by atoms with Crippen molar-refractivity contribution in [1.82, 2.24) is 20.0 Å². The van der Waals surface area contributed by atoms with E-state index in [1.165, 1.54) is 5.56 Å². The average Bonchev–Trinajstić information content (AvgIpc) is 3.10. The van der Waals surface area contributed by atoms with E-state index in [4.69, 9.17) is 16.3 Å². The quantitative estimate of drug-likeness (QED) is 0.563. The number of carbonyl (C=O) groups excluding carboxylic acids is 1. The minimum atomic E-state index is -0.170. The van der Waals surface area contributed by atoms with Crippen LogP contribution in [-0.4, -0.2) is 40.3 Å². The van der Waals surface area contributed by atoms with E-state index >= 15 is 0 Å². The molecular weight excluding hydrogens is 400 g/mol. The minimum Gasteiger partial charge on any atom is -0.489 e. The third kappa shape index (κ3) is 6.61. The maximum atomic E-state index is 12.2. The number of rotatable bonds is 9. The molecule has 3 aromatic rings. The van der Waals surface area contributed by atoms with Gasteiger partial charge in [-0.05, 0) is 49.9 Å². The number of nitrogens with one attached hydrogen (secondary N) is 1. The topological polar surface area (TPSA) is 59.4 Å². The van der Waals surface area contributed by atoms with Gasteiger partial charge in [0.25, 0.3) is 5.91 Å². The molecule has 0 aliphatic rings. The molecule has 1 atom stereocenters. The van der Waals surface area contributed by atoms with Gasteiger partial charge in [-0.25, -0.2) is 0 Å². The third-order valence-corrected chi connectivity index (χ3v) is 4.77. The molecule has 6 nitrogen and oxygen atoms in total. The molecule has 1 N–H and O–H groups in total. The van der Waals surface area contributed by atoms with Crippen LogP contribution in [0.25, 0.3) is 0 Å². The molecule has 1 unspecified atom stereocenters. The van der Waals surface area contributed by atoms with Gasteiger partial charge in [0, 0.05) is 42.5 Å². The molecule has 1 amide bonds. The summed E-state index contributed by atoms with van der Waals surface area (Å²) in [5, 5.41) is 7.63. The van der Waals surface area contributed by atoms with Gasteiger partial charge < -0.3 is 10.1 Å². The number of ether oxygens (including phenoxy) is 1. The number of halogens is 1. The van der Waals surface area contributed by atoms with Crippen LogP contribution in [0.1, 0.15) is 28.4 Å². The second-order valence-corrected chi connectivity index (χ2v) is 7.93. The fourth-order valence-electron chi connectivity index (χ4n) is 3.19. The number of hydrogen-bond acceptors (Lipinski definition) is 4. The molecule has 3 rings (SSSR count). The van der Waals surface area contributed by atoms with Gasteiger partial charge in [-0.3, -0.25) is 14.4 Å². The van der Waals surface area contributed by atoms with E-state index in [1.807, 2.05) is 49.2 Å². The number of aromatic nitrogens is 2. The summed E-state index contributed by atoms with van der Waals surface area (Å²) in [6.07, 6.45) is 3.74. The van der Waals surface area contributed by atoms with Gasteiger partial charge in [0.05, 0.1) is 12.7 Å². The second kappa shape index (κ2) is 10.3. The van der Waals surface area contributed by atoms with Crippen LogP contribution in [0.3, 0.4) is 0 Å². The van der Waals surface area contributed by atoms with Gasteiger partial charge in [-0.2, -0.15) is 5.10 Å². The molecule has 1 heterocycles. The summed E-state index contributed by atoms with van der Waals surface area (Å²) in [4.78, 5) is 14.5. The number of hydrogen-bond donors (Lipinski definition) is 1. The van der Waals surface area contributed by atoms with Crippen molar-refractivity contribution >= 4 is 17.5 Å². The van der Waals surface area contributed by atoms with Crippen LogP contribution >= 0.6 is 11.6 Å². The predicted molar refractivity (Wildman–Crippen MR) is 119 cm³/mol. The number of carbonyl (C=O) groups is 1. The fraction of sp³-hybridized carbons (Fsp3) is 0.304. The standard InChI is InChI=1S/C23H27ClN4O2/c1-17(12-25-23(29)20-7-5-8-21(24)11-20)30-22-9-4-6-18(10-22)14-27(2)15-19-13-26-28(3)16-19/h4-11,13,16-17H,12,14-15H2,1-3H3,(H,25,29). The van der Waals surface area contributed by atoms with Gasteiger partial charge in [-0.1, -0.05) is 29.8 Å². The first-order valence-electron chi connectivity index (χ1n) is 9.84. The van der Waals surface area contributed by atoms with E-state index in [9.17, 15) is 4.79 Å². The van der Waals surface area contributed by atoms with Gasteiger partial charge in [0.2, 0.25) is 0 Å². The Morgan fingerprint density at radius 2 is 1.97 bits per heavy atom. The molecule has 0 aliphatic heterocycles. The summed E-state index contributed by atoms with van der Waals surface area (Å²) in [6, 6.07) is 14.9. The van der Waals surface area contributed by atoms with E-state index in [0.717, 1.165) is 24.4 Å². The molecule has 2 aromatic carbocycles.